The summed E-state index contributed by atoms with van der Waals surface area (Å²) in [6.07, 6.45) is -5.63. The number of alkyl halides is 3. The molecule has 198 valence electrons. The number of rotatable bonds is 6. The van der Waals surface area contributed by atoms with Gasteiger partial charge in [-0.15, -0.1) is 11.8 Å². The number of fused-ring (bicyclic) bond motifs is 1. The number of benzene rings is 2. The fraction of sp³-hybridized carbons (Fsp3) is 0.375. The van der Waals surface area contributed by atoms with Crippen molar-refractivity contribution in [1.29, 1.82) is 0 Å². The van der Waals surface area contributed by atoms with Gasteiger partial charge in [0, 0.05) is 19.8 Å². The number of hydrogen-bond acceptors (Lipinski definition) is 7. The van der Waals surface area contributed by atoms with Crippen LogP contribution in [0.3, 0.4) is 0 Å². The van der Waals surface area contributed by atoms with Gasteiger partial charge in [-0.1, -0.05) is 18.2 Å². The standard InChI is InChI=1S/C24H26F3N5O4S/c1-31-20-18(22(34)32(2)23(31)35)21(30-19(29-20)13-7-9-16(36-3)10-8-13)37-12-17(33)28-15-6-4-5-14(11-15)24(25,26)27/h4-11,18-21,29-30H,12H2,1-3H3,(H,28,33). The first-order valence-electron chi connectivity index (χ1n) is 11.3. The maximum absolute atomic E-state index is 13.1. The number of anilines is 1. The van der Waals surface area contributed by atoms with Crippen LogP contribution < -0.4 is 20.7 Å². The number of halogens is 3. The Hall–Kier alpha value is -3.29. The van der Waals surface area contributed by atoms with Gasteiger partial charge in [0.15, 0.2) is 0 Å². The highest BCUT2D eigenvalue weighted by atomic mass is 32.2. The molecule has 4 amide bonds. The number of amides is 4. The molecular formula is C24H26F3N5O4S. The second-order valence-corrected chi connectivity index (χ2v) is 9.79. The van der Waals surface area contributed by atoms with E-state index in [4.69, 9.17) is 4.74 Å². The molecule has 0 radical (unpaired) electrons. The summed E-state index contributed by atoms with van der Waals surface area (Å²) in [6, 6.07) is 11.2. The van der Waals surface area contributed by atoms with Crippen LogP contribution in [-0.4, -0.2) is 66.1 Å². The zero-order valence-corrected chi connectivity index (χ0v) is 21.0. The SMILES string of the molecule is COc1ccc(C2NC(SCC(=O)Nc3cccc(C(F)(F)F)c3)C3C(=O)N(C)C(=O)N(C)C3N2)cc1. The van der Waals surface area contributed by atoms with E-state index in [1.165, 1.54) is 24.1 Å². The van der Waals surface area contributed by atoms with Crippen LogP contribution >= 0.6 is 11.8 Å². The molecule has 4 rings (SSSR count). The van der Waals surface area contributed by atoms with Crippen molar-refractivity contribution >= 4 is 35.3 Å². The summed E-state index contributed by atoms with van der Waals surface area (Å²) in [4.78, 5) is 40.8. The van der Waals surface area contributed by atoms with E-state index < -0.39 is 53.2 Å². The highest BCUT2D eigenvalue weighted by molar-refractivity contribution is 8.00. The van der Waals surface area contributed by atoms with Crippen molar-refractivity contribution in [2.75, 3.05) is 32.3 Å². The van der Waals surface area contributed by atoms with E-state index in [9.17, 15) is 27.6 Å². The molecule has 9 nitrogen and oxygen atoms in total. The Morgan fingerprint density at radius 1 is 1.11 bits per heavy atom. The minimum atomic E-state index is -4.53. The van der Waals surface area contributed by atoms with Crippen molar-refractivity contribution < 1.29 is 32.3 Å². The zero-order chi connectivity index (χ0) is 26.9. The molecule has 0 spiro atoms. The first-order valence-corrected chi connectivity index (χ1v) is 12.3. The third kappa shape index (κ3) is 5.68. The summed E-state index contributed by atoms with van der Waals surface area (Å²) in [5, 5.41) is 8.53. The first-order chi connectivity index (χ1) is 17.5. The van der Waals surface area contributed by atoms with Crippen LogP contribution in [0.25, 0.3) is 0 Å². The van der Waals surface area contributed by atoms with Crippen LogP contribution in [0.5, 0.6) is 5.75 Å². The summed E-state index contributed by atoms with van der Waals surface area (Å²) in [6.45, 7) is 0. The van der Waals surface area contributed by atoms with Crippen molar-refractivity contribution in [2.24, 2.45) is 5.92 Å². The maximum atomic E-state index is 13.1. The van der Waals surface area contributed by atoms with Gasteiger partial charge in [-0.3, -0.25) is 25.1 Å². The lowest BCUT2D eigenvalue weighted by atomic mass is 9.96. The number of nitrogens with one attached hydrogen (secondary N) is 3. The van der Waals surface area contributed by atoms with Crippen molar-refractivity contribution in [1.82, 2.24) is 20.4 Å². The van der Waals surface area contributed by atoms with Gasteiger partial charge < -0.3 is 15.0 Å². The van der Waals surface area contributed by atoms with E-state index in [0.29, 0.717) is 5.75 Å². The number of carbonyl (C=O) groups excluding carboxylic acids is 3. The van der Waals surface area contributed by atoms with E-state index in [1.807, 2.05) is 12.1 Å². The largest absolute Gasteiger partial charge is 0.497 e. The topological polar surface area (TPSA) is 103 Å². The number of methoxy groups -OCH3 is 1. The number of ether oxygens (including phenoxy) is 1. The quantitative estimate of drug-likeness (QED) is 0.521. The molecule has 2 aromatic rings. The van der Waals surface area contributed by atoms with Crippen LogP contribution in [0.2, 0.25) is 0 Å². The Morgan fingerprint density at radius 3 is 2.46 bits per heavy atom. The third-order valence-electron chi connectivity index (χ3n) is 6.27. The monoisotopic (exact) mass is 537 g/mol. The molecule has 4 atom stereocenters. The number of carbonyl (C=O) groups is 3. The molecule has 0 bridgehead atoms. The van der Waals surface area contributed by atoms with Crippen LogP contribution in [-0.2, 0) is 15.8 Å². The van der Waals surface area contributed by atoms with Gasteiger partial charge in [0.05, 0.1) is 42.0 Å². The normalized spacial score (nSPS) is 24.1. The fourth-order valence-corrected chi connectivity index (χ4v) is 5.43. The smallest absolute Gasteiger partial charge is 0.416 e. The second-order valence-electron chi connectivity index (χ2n) is 8.66. The molecule has 13 heteroatoms. The molecule has 2 aliphatic rings. The molecule has 2 aliphatic heterocycles. The lowest BCUT2D eigenvalue weighted by molar-refractivity contribution is -0.140. The van der Waals surface area contributed by atoms with Gasteiger partial charge in [0.2, 0.25) is 11.8 Å². The molecule has 0 aliphatic carbocycles. The number of imide groups is 1. The zero-order valence-electron chi connectivity index (χ0n) is 20.2. The van der Waals surface area contributed by atoms with Crippen LogP contribution in [0.4, 0.5) is 23.7 Å². The fourth-order valence-electron chi connectivity index (χ4n) is 4.32. The maximum Gasteiger partial charge on any atom is 0.416 e. The molecule has 0 saturated carbocycles. The minimum absolute atomic E-state index is 0.0199. The molecule has 2 aromatic carbocycles. The van der Waals surface area contributed by atoms with E-state index in [-0.39, 0.29) is 11.4 Å². The van der Waals surface area contributed by atoms with Gasteiger partial charge >= 0.3 is 12.2 Å². The highest BCUT2D eigenvalue weighted by Crippen LogP contribution is 2.35. The molecule has 37 heavy (non-hydrogen) atoms. The van der Waals surface area contributed by atoms with E-state index in [2.05, 4.69) is 16.0 Å². The Morgan fingerprint density at radius 2 is 1.81 bits per heavy atom. The van der Waals surface area contributed by atoms with E-state index in [1.54, 1.807) is 26.3 Å². The Labute approximate surface area is 215 Å². The van der Waals surface area contributed by atoms with Crippen molar-refractivity contribution in [3.8, 4) is 5.75 Å². The average molecular weight is 538 g/mol. The Bertz CT molecular complexity index is 1180. The molecular weight excluding hydrogens is 511 g/mol. The number of urea groups is 1. The predicted octanol–water partition coefficient (Wildman–Crippen LogP) is 3.07. The molecule has 2 saturated heterocycles. The second kappa shape index (κ2) is 10.6. The molecule has 4 unspecified atom stereocenters. The summed E-state index contributed by atoms with van der Waals surface area (Å²) >= 11 is 1.14. The van der Waals surface area contributed by atoms with Gasteiger partial charge in [0.1, 0.15) is 5.75 Å². The highest BCUT2D eigenvalue weighted by Gasteiger charge is 2.51. The van der Waals surface area contributed by atoms with Crippen LogP contribution in [0.1, 0.15) is 17.3 Å². The van der Waals surface area contributed by atoms with E-state index >= 15 is 0 Å². The number of thioether (sulfide) groups is 1. The number of hydrogen-bond donors (Lipinski definition) is 3. The van der Waals surface area contributed by atoms with Crippen molar-refractivity contribution in [2.45, 2.75) is 23.9 Å². The first kappa shape index (κ1) is 26.8. The van der Waals surface area contributed by atoms with Crippen LogP contribution in [0.15, 0.2) is 48.5 Å². The third-order valence-corrected chi connectivity index (χ3v) is 7.49. The van der Waals surface area contributed by atoms with Gasteiger partial charge in [-0.2, -0.15) is 13.2 Å². The van der Waals surface area contributed by atoms with Crippen molar-refractivity contribution in [3.05, 3.63) is 59.7 Å². The molecule has 2 heterocycles. The predicted molar refractivity (Wildman–Crippen MR) is 132 cm³/mol. The van der Waals surface area contributed by atoms with Crippen molar-refractivity contribution in [3.63, 3.8) is 0 Å². The minimum Gasteiger partial charge on any atom is -0.497 e. The number of nitrogens with zero attached hydrogens (tertiary/aromatic N) is 2. The molecule has 3 N–H and O–H groups in total. The molecule has 0 aromatic heterocycles. The Kier molecular flexibility index (Phi) is 7.67. The van der Waals surface area contributed by atoms with Gasteiger partial charge in [0.25, 0.3) is 0 Å². The summed E-state index contributed by atoms with van der Waals surface area (Å²) in [7, 11) is 4.54. The van der Waals surface area contributed by atoms with E-state index in [0.717, 1.165) is 34.4 Å². The summed E-state index contributed by atoms with van der Waals surface area (Å²) in [5.74, 6) is -1.12. The van der Waals surface area contributed by atoms with Gasteiger partial charge in [-0.25, -0.2) is 4.79 Å². The summed E-state index contributed by atoms with van der Waals surface area (Å²) in [5.41, 5.74) is -0.0244. The lowest BCUT2D eigenvalue weighted by Gasteiger charge is -2.50. The summed E-state index contributed by atoms with van der Waals surface area (Å²) < 4.78 is 44.2. The van der Waals surface area contributed by atoms with Gasteiger partial charge in [-0.05, 0) is 35.9 Å². The van der Waals surface area contributed by atoms with Crippen LogP contribution in [0, 0.1) is 5.92 Å². The lowest BCUT2D eigenvalue weighted by Crippen LogP contribution is -2.72. The molecule has 2 fully saturated rings. The Balaban J connectivity index is 1.52. The average Bonchev–Trinajstić information content (AvgIpc) is 2.88.